The number of carboxylic acid groups (broad SMARTS) is 1. The number of thiophene rings is 1. The molecule has 5 nitrogen and oxygen atoms in total. The van der Waals surface area contributed by atoms with Gasteiger partial charge in [-0.2, -0.15) is 4.98 Å². The fraction of sp³-hybridized carbons (Fsp3) is 0.222. The molecule has 0 aliphatic heterocycles. The lowest BCUT2D eigenvalue weighted by molar-refractivity contribution is -0.133. The average molecular weight is 334 g/mol. The third-order valence-electron chi connectivity index (χ3n) is 1.87. The zero-order chi connectivity index (χ0) is 12.4. The quantitative estimate of drug-likeness (QED) is 0.870. The van der Waals surface area contributed by atoms with Crippen molar-refractivity contribution in [1.29, 1.82) is 0 Å². The van der Waals surface area contributed by atoms with Crippen LogP contribution in [0.2, 0.25) is 0 Å². The first-order valence-electron chi connectivity index (χ1n) is 4.57. The summed E-state index contributed by atoms with van der Waals surface area (Å²) in [5.41, 5.74) is 0. The highest BCUT2D eigenvalue weighted by atomic mass is 79.9. The Morgan fingerprint density at radius 1 is 1.71 bits per heavy atom. The summed E-state index contributed by atoms with van der Waals surface area (Å²) < 4.78 is 2.54. The molecular weight excluding hydrogens is 326 g/mol. The second-order valence-electron chi connectivity index (χ2n) is 3.12. The van der Waals surface area contributed by atoms with Gasteiger partial charge in [0, 0.05) is 11.5 Å². The summed E-state index contributed by atoms with van der Waals surface area (Å²) in [6, 6.07) is 1.93. The van der Waals surface area contributed by atoms with Crippen molar-refractivity contribution in [2.75, 3.05) is 5.75 Å². The molecule has 0 atom stereocenters. The standard InChI is InChI=1S/C9H8BrN3O2S2/c1-13-9(17-4-6(14)15)11-8(12-13)7-5(10)2-3-16-7/h2-3H,4H2,1H3,(H,14,15). The molecule has 0 saturated heterocycles. The fourth-order valence-corrected chi connectivity index (χ4v) is 3.28. The van der Waals surface area contributed by atoms with Crippen molar-refractivity contribution < 1.29 is 9.90 Å². The number of aliphatic carboxylic acids is 1. The first kappa shape index (κ1) is 12.6. The molecular formula is C9H8BrN3O2S2. The molecule has 0 unspecified atom stereocenters. The van der Waals surface area contributed by atoms with Crippen LogP contribution in [0.25, 0.3) is 10.7 Å². The van der Waals surface area contributed by atoms with Crippen molar-refractivity contribution in [1.82, 2.24) is 14.8 Å². The van der Waals surface area contributed by atoms with E-state index in [9.17, 15) is 4.79 Å². The molecule has 0 amide bonds. The van der Waals surface area contributed by atoms with Crippen molar-refractivity contribution in [3.63, 3.8) is 0 Å². The number of hydrogen-bond acceptors (Lipinski definition) is 5. The van der Waals surface area contributed by atoms with Crippen molar-refractivity contribution in [3.8, 4) is 10.7 Å². The number of nitrogens with zero attached hydrogens (tertiary/aromatic N) is 3. The molecule has 1 N–H and O–H groups in total. The number of carbonyl (C=O) groups is 1. The molecule has 17 heavy (non-hydrogen) atoms. The largest absolute Gasteiger partial charge is 0.481 e. The van der Waals surface area contributed by atoms with Gasteiger partial charge in [0.1, 0.15) is 0 Å². The lowest BCUT2D eigenvalue weighted by Gasteiger charge is -1.94. The van der Waals surface area contributed by atoms with Crippen LogP contribution >= 0.6 is 39.0 Å². The molecule has 0 spiro atoms. The normalized spacial score (nSPS) is 10.7. The summed E-state index contributed by atoms with van der Waals surface area (Å²) in [4.78, 5) is 15.8. The predicted molar refractivity (Wildman–Crippen MR) is 70.4 cm³/mol. The molecule has 0 fully saturated rings. The van der Waals surface area contributed by atoms with E-state index in [1.54, 1.807) is 11.7 Å². The fourth-order valence-electron chi connectivity index (χ4n) is 1.17. The Bertz CT molecular complexity index is 552. The van der Waals surface area contributed by atoms with Gasteiger partial charge < -0.3 is 5.11 Å². The molecule has 0 saturated carbocycles. The average Bonchev–Trinajstić information content (AvgIpc) is 2.82. The van der Waals surface area contributed by atoms with E-state index in [0.29, 0.717) is 11.0 Å². The van der Waals surface area contributed by atoms with E-state index in [1.807, 2.05) is 11.4 Å². The number of aryl methyl sites for hydroxylation is 1. The zero-order valence-corrected chi connectivity index (χ0v) is 12.0. The first-order valence-corrected chi connectivity index (χ1v) is 7.22. The van der Waals surface area contributed by atoms with Crippen LogP contribution in [0.4, 0.5) is 0 Å². The Morgan fingerprint density at radius 2 is 2.47 bits per heavy atom. The SMILES string of the molecule is Cn1nc(-c2sccc2Br)nc1SCC(=O)O. The van der Waals surface area contributed by atoms with Crippen LogP contribution in [0, 0.1) is 0 Å². The van der Waals surface area contributed by atoms with Crippen LogP contribution in [0.3, 0.4) is 0 Å². The van der Waals surface area contributed by atoms with Crippen LogP contribution < -0.4 is 0 Å². The molecule has 2 aromatic rings. The van der Waals surface area contributed by atoms with Gasteiger partial charge in [-0.1, -0.05) is 11.8 Å². The van der Waals surface area contributed by atoms with Gasteiger partial charge in [-0.15, -0.1) is 16.4 Å². The second kappa shape index (κ2) is 5.19. The Kier molecular flexibility index (Phi) is 3.85. The Morgan fingerprint density at radius 3 is 3.06 bits per heavy atom. The number of aromatic nitrogens is 3. The zero-order valence-electron chi connectivity index (χ0n) is 8.75. The highest BCUT2D eigenvalue weighted by Gasteiger charge is 2.14. The number of halogens is 1. The minimum Gasteiger partial charge on any atom is -0.481 e. The van der Waals surface area contributed by atoms with Gasteiger partial charge in [0.25, 0.3) is 0 Å². The van der Waals surface area contributed by atoms with E-state index in [2.05, 4.69) is 26.0 Å². The van der Waals surface area contributed by atoms with Gasteiger partial charge in [0.2, 0.25) is 0 Å². The molecule has 2 heterocycles. The van der Waals surface area contributed by atoms with E-state index < -0.39 is 5.97 Å². The molecule has 90 valence electrons. The third-order valence-corrected chi connectivity index (χ3v) is 4.71. The molecule has 2 aromatic heterocycles. The maximum atomic E-state index is 10.5. The summed E-state index contributed by atoms with van der Waals surface area (Å²) in [5, 5.41) is 15.4. The summed E-state index contributed by atoms with van der Waals surface area (Å²) in [6.45, 7) is 0. The Hall–Kier alpha value is -0.860. The first-order chi connectivity index (χ1) is 8.08. The van der Waals surface area contributed by atoms with Gasteiger partial charge in [0.05, 0.1) is 10.6 Å². The van der Waals surface area contributed by atoms with Crippen LogP contribution in [-0.4, -0.2) is 31.6 Å². The monoisotopic (exact) mass is 333 g/mol. The van der Waals surface area contributed by atoms with Gasteiger partial charge >= 0.3 is 5.97 Å². The lowest BCUT2D eigenvalue weighted by Crippen LogP contribution is -2.00. The maximum absolute atomic E-state index is 10.5. The highest BCUT2D eigenvalue weighted by Crippen LogP contribution is 2.32. The van der Waals surface area contributed by atoms with Gasteiger partial charge in [-0.3, -0.25) is 4.79 Å². The van der Waals surface area contributed by atoms with Crippen LogP contribution in [0.15, 0.2) is 21.1 Å². The van der Waals surface area contributed by atoms with E-state index in [4.69, 9.17) is 5.11 Å². The molecule has 0 aliphatic carbocycles. The van der Waals surface area contributed by atoms with Crippen molar-refractivity contribution in [2.24, 2.45) is 7.05 Å². The molecule has 0 radical (unpaired) electrons. The van der Waals surface area contributed by atoms with E-state index in [1.165, 1.54) is 11.3 Å². The lowest BCUT2D eigenvalue weighted by atomic mass is 10.4. The number of carboxylic acids is 1. The predicted octanol–water partition coefficient (Wildman–Crippen LogP) is 2.48. The molecule has 2 rings (SSSR count). The number of hydrogen-bond donors (Lipinski definition) is 1. The maximum Gasteiger partial charge on any atom is 0.313 e. The second-order valence-corrected chi connectivity index (χ2v) is 5.83. The van der Waals surface area contributed by atoms with E-state index >= 15 is 0 Å². The minimum absolute atomic E-state index is 0.0163. The topological polar surface area (TPSA) is 68.0 Å². The highest BCUT2D eigenvalue weighted by molar-refractivity contribution is 9.10. The third kappa shape index (κ3) is 2.88. The summed E-state index contributed by atoms with van der Waals surface area (Å²) in [6.07, 6.45) is 0. The smallest absolute Gasteiger partial charge is 0.313 e. The van der Waals surface area contributed by atoms with Crippen LogP contribution in [0.1, 0.15) is 0 Å². The Labute approximate surface area is 114 Å². The molecule has 0 aromatic carbocycles. The van der Waals surface area contributed by atoms with Crippen molar-refractivity contribution in [3.05, 3.63) is 15.9 Å². The number of rotatable bonds is 4. The summed E-state index contributed by atoms with van der Waals surface area (Å²) >= 11 is 6.12. The van der Waals surface area contributed by atoms with Crippen molar-refractivity contribution >= 4 is 45.0 Å². The molecule has 0 aliphatic rings. The molecule has 8 heteroatoms. The van der Waals surface area contributed by atoms with E-state index in [-0.39, 0.29) is 5.75 Å². The minimum atomic E-state index is -0.864. The van der Waals surface area contributed by atoms with Gasteiger partial charge in [0.15, 0.2) is 11.0 Å². The summed E-state index contributed by atoms with van der Waals surface area (Å²) in [5.74, 6) is -0.267. The number of thioether (sulfide) groups is 1. The van der Waals surface area contributed by atoms with Crippen LogP contribution in [-0.2, 0) is 11.8 Å². The molecule has 0 bridgehead atoms. The Balaban J connectivity index is 2.24. The van der Waals surface area contributed by atoms with E-state index in [0.717, 1.165) is 21.1 Å². The van der Waals surface area contributed by atoms with Gasteiger partial charge in [-0.05, 0) is 27.4 Å². The summed E-state index contributed by atoms with van der Waals surface area (Å²) in [7, 11) is 1.75. The van der Waals surface area contributed by atoms with Crippen LogP contribution in [0.5, 0.6) is 0 Å². The van der Waals surface area contributed by atoms with Crippen molar-refractivity contribution in [2.45, 2.75) is 5.16 Å². The van der Waals surface area contributed by atoms with Gasteiger partial charge in [-0.25, -0.2) is 4.68 Å².